The molecule has 3 nitrogen and oxygen atoms in total. The molecule has 0 saturated carbocycles. The Morgan fingerprint density at radius 3 is 2.72 bits per heavy atom. The van der Waals surface area contributed by atoms with Crippen molar-refractivity contribution >= 4 is 11.6 Å². The summed E-state index contributed by atoms with van der Waals surface area (Å²) in [5.41, 5.74) is 3.25. The Morgan fingerprint density at radius 2 is 2.11 bits per heavy atom. The van der Waals surface area contributed by atoms with Crippen molar-refractivity contribution in [1.29, 1.82) is 0 Å². The zero-order chi connectivity index (χ0) is 13.2. The summed E-state index contributed by atoms with van der Waals surface area (Å²) < 4.78 is 10.4. The number of rotatable bonds is 4. The van der Waals surface area contributed by atoms with Crippen molar-refractivity contribution in [1.82, 2.24) is 0 Å². The second-order valence-electron chi connectivity index (χ2n) is 4.63. The summed E-state index contributed by atoms with van der Waals surface area (Å²) in [5, 5.41) is 8.16. The SMILES string of the molecule is COC(Cl)(OC)c1ccc2c(c1)CCCC2CO. The maximum absolute atomic E-state index is 9.38. The van der Waals surface area contributed by atoms with Crippen LogP contribution in [0.5, 0.6) is 0 Å². The normalized spacial score (nSPS) is 19.7. The van der Waals surface area contributed by atoms with Crippen molar-refractivity contribution in [2.75, 3.05) is 20.8 Å². The number of benzene rings is 1. The average molecular weight is 271 g/mol. The van der Waals surface area contributed by atoms with Gasteiger partial charge in [0.25, 0.3) is 5.25 Å². The number of hydrogen-bond donors (Lipinski definition) is 1. The van der Waals surface area contributed by atoms with E-state index >= 15 is 0 Å². The smallest absolute Gasteiger partial charge is 0.275 e. The van der Waals surface area contributed by atoms with Gasteiger partial charge in [-0.1, -0.05) is 23.7 Å². The molecular weight excluding hydrogens is 252 g/mol. The summed E-state index contributed by atoms with van der Waals surface area (Å²) in [5.74, 6) is 0.248. The zero-order valence-corrected chi connectivity index (χ0v) is 11.5. The second kappa shape index (κ2) is 5.57. The zero-order valence-electron chi connectivity index (χ0n) is 10.8. The third kappa shape index (κ3) is 2.41. The molecule has 0 aliphatic heterocycles. The molecule has 0 saturated heterocycles. The topological polar surface area (TPSA) is 38.7 Å². The fourth-order valence-electron chi connectivity index (χ4n) is 2.61. The standard InChI is InChI=1S/C14H19ClO3/c1-17-14(15,18-2)12-6-7-13-10(8-12)4-3-5-11(13)9-16/h6-8,11,16H,3-5,9H2,1-2H3. The van der Waals surface area contributed by atoms with Crippen LogP contribution in [0.25, 0.3) is 0 Å². The lowest BCUT2D eigenvalue weighted by atomic mass is 9.82. The fraction of sp³-hybridized carbons (Fsp3) is 0.571. The number of hydrogen-bond acceptors (Lipinski definition) is 3. The lowest BCUT2D eigenvalue weighted by Gasteiger charge is -2.28. The minimum atomic E-state index is -1.22. The molecule has 1 aliphatic carbocycles. The molecular formula is C14H19ClO3. The van der Waals surface area contributed by atoms with E-state index in [9.17, 15) is 5.11 Å². The van der Waals surface area contributed by atoms with Gasteiger partial charge in [0.05, 0.1) is 0 Å². The molecule has 100 valence electrons. The molecule has 0 amide bonds. The number of aryl methyl sites for hydroxylation is 1. The molecule has 1 aromatic carbocycles. The lowest BCUT2D eigenvalue weighted by Crippen LogP contribution is -2.24. The minimum absolute atomic E-state index is 0.201. The predicted octanol–water partition coefficient (Wildman–Crippen LogP) is 2.74. The van der Waals surface area contributed by atoms with E-state index in [2.05, 4.69) is 0 Å². The van der Waals surface area contributed by atoms with Crippen molar-refractivity contribution in [2.24, 2.45) is 0 Å². The molecule has 0 fully saturated rings. The largest absolute Gasteiger partial charge is 0.396 e. The highest BCUT2D eigenvalue weighted by Gasteiger charge is 2.31. The molecule has 0 bridgehead atoms. The summed E-state index contributed by atoms with van der Waals surface area (Å²) in [6.45, 7) is 0.201. The van der Waals surface area contributed by atoms with Gasteiger partial charge in [-0.05, 0) is 36.5 Å². The summed E-state index contributed by atoms with van der Waals surface area (Å²) in [6, 6.07) is 5.96. The number of methoxy groups -OCH3 is 2. The average Bonchev–Trinajstić information content (AvgIpc) is 2.45. The van der Waals surface area contributed by atoms with Gasteiger partial charge in [-0.2, -0.15) is 0 Å². The number of fused-ring (bicyclic) bond motifs is 1. The first-order chi connectivity index (χ1) is 8.64. The lowest BCUT2D eigenvalue weighted by molar-refractivity contribution is -0.147. The Morgan fingerprint density at radius 1 is 1.39 bits per heavy atom. The van der Waals surface area contributed by atoms with E-state index in [1.54, 1.807) is 0 Å². The van der Waals surface area contributed by atoms with Gasteiger partial charge in [0, 0.05) is 32.3 Å². The molecule has 1 unspecified atom stereocenters. The Balaban J connectivity index is 2.38. The van der Waals surface area contributed by atoms with Crippen LogP contribution in [0, 0.1) is 0 Å². The summed E-state index contributed by atoms with van der Waals surface area (Å²) >= 11 is 6.25. The molecule has 0 spiro atoms. The Kier molecular flexibility index (Phi) is 4.28. The third-order valence-electron chi connectivity index (χ3n) is 3.67. The third-order valence-corrected chi connectivity index (χ3v) is 4.20. The molecule has 1 N–H and O–H groups in total. The fourth-order valence-corrected chi connectivity index (χ4v) is 2.73. The van der Waals surface area contributed by atoms with E-state index < -0.39 is 5.25 Å². The molecule has 18 heavy (non-hydrogen) atoms. The highest BCUT2D eigenvalue weighted by molar-refractivity contribution is 6.22. The van der Waals surface area contributed by atoms with Crippen LogP contribution >= 0.6 is 11.6 Å². The van der Waals surface area contributed by atoms with Crippen molar-refractivity contribution in [2.45, 2.75) is 30.4 Å². The van der Waals surface area contributed by atoms with Gasteiger partial charge in [0.1, 0.15) is 0 Å². The van der Waals surface area contributed by atoms with Crippen molar-refractivity contribution in [3.8, 4) is 0 Å². The van der Waals surface area contributed by atoms with Gasteiger partial charge in [0.15, 0.2) is 0 Å². The number of halogens is 1. The highest BCUT2D eigenvalue weighted by atomic mass is 35.5. The van der Waals surface area contributed by atoms with Crippen LogP contribution < -0.4 is 0 Å². The monoisotopic (exact) mass is 270 g/mol. The first-order valence-corrected chi connectivity index (χ1v) is 6.55. The second-order valence-corrected chi connectivity index (χ2v) is 5.13. The van der Waals surface area contributed by atoms with E-state index in [-0.39, 0.29) is 12.5 Å². The Hall–Kier alpha value is -0.610. The number of aliphatic hydroxyl groups is 1. The highest BCUT2D eigenvalue weighted by Crippen LogP contribution is 2.36. The Labute approximate surface area is 113 Å². The molecule has 0 radical (unpaired) electrons. The van der Waals surface area contributed by atoms with E-state index in [1.807, 2.05) is 18.2 Å². The van der Waals surface area contributed by atoms with Crippen LogP contribution in [0.1, 0.15) is 35.4 Å². The predicted molar refractivity (Wildman–Crippen MR) is 70.8 cm³/mol. The van der Waals surface area contributed by atoms with Gasteiger partial charge >= 0.3 is 0 Å². The number of aliphatic hydroxyl groups excluding tert-OH is 1. The molecule has 1 aromatic rings. The van der Waals surface area contributed by atoms with E-state index in [0.717, 1.165) is 24.8 Å². The van der Waals surface area contributed by atoms with Gasteiger partial charge in [-0.3, -0.25) is 0 Å². The van der Waals surface area contributed by atoms with Gasteiger partial charge in [-0.15, -0.1) is 0 Å². The van der Waals surface area contributed by atoms with Gasteiger partial charge in [0.2, 0.25) is 0 Å². The van der Waals surface area contributed by atoms with Gasteiger partial charge in [-0.25, -0.2) is 0 Å². The van der Waals surface area contributed by atoms with Crippen molar-refractivity contribution in [3.05, 3.63) is 34.9 Å². The van der Waals surface area contributed by atoms with E-state index in [1.165, 1.54) is 25.3 Å². The molecule has 0 heterocycles. The van der Waals surface area contributed by atoms with Gasteiger partial charge < -0.3 is 14.6 Å². The van der Waals surface area contributed by atoms with Crippen molar-refractivity contribution in [3.63, 3.8) is 0 Å². The molecule has 0 aromatic heterocycles. The van der Waals surface area contributed by atoms with Crippen LogP contribution in [-0.4, -0.2) is 25.9 Å². The summed E-state index contributed by atoms with van der Waals surface area (Å²) in [4.78, 5) is 0. The molecule has 1 aliphatic rings. The van der Waals surface area contributed by atoms with E-state index in [0.29, 0.717) is 0 Å². The van der Waals surface area contributed by atoms with Crippen LogP contribution in [0.3, 0.4) is 0 Å². The van der Waals surface area contributed by atoms with Crippen LogP contribution in [0.15, 0.2) is 18.2 Å². The summed E-state index contributed by atoms with van der Waals surface area (Å²) in [6.07, 6.45) is 3.15. The molecule has 2 rings (SSSR count). The number of ether oxygens (including phenoxy) is 2. The molecule has 1 atom stereocenters. The van der Waals surface area contributed by atoms with Crippen LogP contribution in [0.4, 0.5) is 0 Å². The minimum Gasteiger partial charge on any atom is -0.396 e. The maximum atomic E-state index is 9.38. The van der Waals surface area contributed by atoms with Crippen LogP contribution in [0.2, 0.25) is 0 Å². The van der Waals surface area contributed by atoms with Crippen LogP contribution in [-0.2, 0) is 21.1 Å². The number of alkyl halides is 1. The first-order valence-electron chi connectivity index (χ1n) is 6.18. The quantitative estimate of drug-likeness (QED) is 0.675. The first kappa shape index (κ1) is 13.8. The molecule has 4 heteroatoms. The van der Waals surface area contributed by atoms with Crippen molar-refractivity contribution < 1.29 is 14.6 Å². The Bertz CT molecular complexity index is 416. The maximum Gasteiger partial charge on any atom is 0.275 e. The van der Waals surface area contributed by atoms with E-state index in [4.69, 9.17) is 21.1 Å². The summed E-state index contributed by atoms with van der Waals surface area (Å²) in [7, 11) is 3.04.